The van der Waals surface area contributed by atoms with Crippen LogP contribution in [0.1, 0.15) is 92.9 Å². The summed E-state index contributed by atoms with van der Waals surface area (Å²) >= 11 is 0. The number of carbonyl (C=O) groups excluding carboxylic acids is 2. The maximum absolute atomic E-state index is 13.7. The molecule has 7 heteroatoms. The number of likely N-dealkylation sites (N-methyl/N-ethyl adjacent to an activating group) is 1. The lowest BCUT2D eigenvalue weighted by molar-refractivity contribution is -0.142. The summed E-state index contributed by atoms with van der Waals surface area (Å²) in [6.45, 7) is 12.3. The highest BCUT2D eigenvalue weighted by Crippen LogP contribution is 2.30. The standard InChI is InChI=1S/C27H47N3O4/c1-18(2)22(17-19(3)26(33)34)29(7)25(32)23(27(4,5)6)28-24(31)21-15-11-12-16-30(21)20-13-9-8-10-14-20/h17-18,20-23H,8-16H2,1-7H3,(H,28,31)(H,33,34)/t21?,22-,23-/m1/s1. The summed E-state index contributed by atoms with van der Waals surface area (Å²) < 4.78 is 0. The minimum Gasteiger partial charge on any atom is -0.478 e. The van der Waals surface area contributed by atoms with Crippen LogP contribution in [0.2, 0.25) is 0 Å². The van der Waals surface area contributed by atoms with Crippen molar-refractivity contribution in [2.24, 2.45) is 11.3 Å². The van der Waals surface area contributed by atoms with E-state index in [2.05, 4.69) is 10.2 Å². The third-order valence-electron chi connectivity index (χ3n) is 7.53. The fraction of sp³-hybridized carbons (Fsp3) is 0.815. The van der Waals surface area contributed by atoms with Gasteiger partial charge in [-0.25, -0.2) is 4.79 Å². The second-order valence-electron chi connectivity index (χ2n) is 11.7. The van der Waals surface area contributed by atoms with Crippen LogP contribution in [0.15, 0.2) is 11.6 Å². The Morgan fingerprint density at radius 2 is 1.62 bits per heavy atom. The van der Waals surface area contributed by atoms with Gasteiger partial charge in [0, 0.05) is 18.7 Å². The summed E-state index contributed by atoms with van der Waals surface area (Å²) in [6.07, 6.45) is 10.7. The number of likely N-dealkylation sites (tertiary alicyclic amines) is 1. The molecule has 1 aliphatic heterocycles. The smallest absolute Gasteiger partial charge is 0.331 e. The molecule has 2 N–H and O–H groups in total. The Kier molecular flexibility index (Phi) is 10.2. The van der Waals surface area contributed by atoms with Crippen molar-refractivity contribution in [1.29, 1.82) is 0 Å². The van der Waals surface area contributed by atoms with Gasteiger partial charge in [0.05, 0.1) is 12.1 Å². The number of hydrogen-bond donors (Lipinski definition) is 2. The van der Waals surface area contributed by atoms with Gasteiger partial charge in [-0.05, 0) is 50.5 Å². The molecule has 1 unspecified atom stereocenters. The lowest BCUT2D eigenvalue weighted by Crippen LogP contribution is -2.61. The van der Waals surface area contributed by atoms with E-state index in [0.717, 1.165) is 38.6 Å². The van der Waals surface area contributed by atoms with Crippen molar-refractivity contribution in [2.75, 3.05) is 13.6 Å². The van der Waals surface area contributed by atoms with E-state index < -0.39 is 17.4 Å². The van der Waals surface area contributed by atoms with Crippen molar-refractivity contribution in [1.82, 2.24) is 15.1 Å². The number of rotatable bonds is 8. The number of carboxylic acids is 1. The molecule has 1 saturated carbocycles. The summed E-state index contributed by atoms with van der Waals surface area (Å²) in [5.41, 5.74) is -0.279. The second kappa shape index (κ2) is 12.2. The van der Waals surface area contributed by atoms with Gasteiger partial charge in [0.15, 0.2) is 0 Å². The molecule has 0 aromatic rings. The van der Waals surface area contributed by atoms with Crippen molar-refractivity contribution in [3.05, 3.63) is 11.6 Å². The molecule has 194 valence electrons. The molecule has 0 bridgehead atoms. The number of nitrogens with one attached hydrogen (secondary N) is 1. The van der Waals surface area contributed by atoms with Gasteiger partial charge in [0.2, 0.25) is 11.8 Å². The molecule has 2 fully saturated rings. The van der Waals surface area contributed by atoms with Crippen molar-refractivity contribution in [3.63, 3.8) is 0 Å². The van der Waals surface area contributed by atoms with Gasteiger partial charge in [0.1, 0.15) is 6.04 Å². The van der Waals surface area contributed by atoms with Crippen molar-refractivity contribution < 1.29 is 19.5 Å². The Morgan fingerprint density at radius 1 is 1.03 bits per heavy atom. The van der Waals surface area contributed by atoms with Crippen LogP contribution in [0.5, 0.6) is 0 Å². The third kappa shape index (κ3) is 7.30. The Labute approximate surface area is 206 Å². The van der Waals surface area contributed by atoms with Gasteiger partial charge in [0.25, 0.3) is 0 Å². The zero-order chi connectivity index (χ0) is 25.6. The second-order valence-corrected chi connectivity index (χ2v) is 11.7. The zero-order valence-corrected chi connectivity index (χ0v) is 22.4. The van der Waals surface area contributed by atoms with E-state index in [1.807, 2.05) is 34.6 Å². The highest BCUT2D eigenvalue weighted by Gasteiger charge is 2.40. The number of aliphatic carboxylic acids is 1. The number of hydrogen-bond acceptors (Lipinski definition) is 4. The first kappa shape index (κ1) is 28.3. The number of piperidine rings is 1. The number of nitrogens with zero attached hydrogens (tertiary/aromatic N) is 2. The first-order valence-electron chi connectivity index (χ1n) is 13.1. The maximum atomic E-state index is 13.7. The normalized spacial score (nSPS) is 22.8. The molecule has 1 saturated heterocycles. The van der Waals surface area contributed by atoms with E-state index in [0.29, 0.717) is 6.04 Å². The molecule has 34 heavy (non-hydrogen) atoms. The molecular formula is C27H47N3O4. The lowest BCUT2D eigenvalue weighted by Gasteiger charge is -2.43. The van der Waals surface area contributed by atoms with Gasteiger partial charge in [-0.3, -0.25) is 14.5 Å². The molecule has 2 amide bonds. The molecule has 7 nitrogen and oxygen atoms in total. The summed E-state index contributed by atoms with van der Waals surface area (Å²) in [6, 6.07) is -0.792. The largest absolute Gasteiger partial charge is 0.478 e. The SMILES string of the molecule is CC(=C[C@H](C(C)C)N(C)C(=O)[C@@H](NC(=O)C1CCCCN1C1CCCCC1)C(C)(C)C)C(=O)O. The van der Waals surface area contributed by atoms with Crippen molar-refractivity contribution in [2.45, 2.75) is 117 Å². The fourth-order valence-corrected chi connectivity index (χ4v) is 5.40. The molecular weight excluding hydrogens is 430 g/mol. The Balaban J connectivity index is 2.23. The molecule has 1 heterocycles. The number of carboxylic acid groups (broad SMARTS) is 1. The van der Waals surface area contributed by atoms with Gasteiger partial charge in [-0.1, -0.05) is 66.4 Å². The minimum absolute atomic E-state index is 0.0275. The third-order valence-corrected chi connectivity index (χ3v) is 7.53. The first-order chi connectivity index (χ1) is 15.8. The maximum Gasteiger partial charge on any atom is 0.331 e. The molecule has 2 rings (SSSR count). The average molecular weight is 478 g/mol. The van der Waals surface area contributed by atoms with E-state index in [1.165, 1.54) is 19.3 Å². The molecule has 0 aromatic carbocycles. The predicted molar refractivity (Wildman–Crippen MR) is 135 cm³/mol. The van der Waals surface area contributed by atoms with E-state index in [-0.39, 0.29) is 35.4 Å². The molecule has 2 aliphatic rings. The molecule has 0 spiro atoms. The number of amides is 2. The van der Waals surface area contributed by atoms with Crippen LogP contribution >= 0.6 is 0 Å². The van der Waals surface area contributed by atoms with Crippen LogP contribution < -0.4 is 5.32 Å². The monoisotopic (exact) mass is 477 g/mol. The summed E-state index contributed by atoms with van der Waals surface area (Å²) in [5.74, 6) is -1.20. The predicted octanol–water partition coefficient (Wildman–Crippen LogP) is 4.22. The highest BCUT2D eigenvalue weighted by molar-refractivity contribution is 5.91. The van der Waals surface area contributed by atoms with Crippen LogP contribution in [0.25, 0.3) is 0 Å². The molecule has 3 atom stereocenters. The molecule has 1 aliphatic carbocycles. The zero-order valence-electron chi connectivity index (χ0n) is 22.4. The topological polar surface area (TPSA) is 90.0 Å². The molecule has 0 aromatic heterocycles. The van der Waals surface area contributed by atoms with Crippen LogP contribution in [-0.2, 0) is 14.4 Å². The highest BCUT2D eigenvalue weighted by atomic mass is 16.4. The van der Waals surface area contributed by atoms with E-state index >= 15 is 0 Å². The van der Waals surface area contributed by atoms with E-state index in [1.54, 1.807) is 24.9 Å². The first-order valence-corrected chi connectivity index (χ1v) is 13.1. The average Bonchev–Trinajstić information content (AvgIpc) is 2.79. The quantitative estimate of drug-likeness (QED) is 0.511. The van der Waals surface area contributed by atoms with Gasteiger partial charge in [-0.2, -0.15) is 0 Å². The van der Waals surface area contributed by atoms with Crippen LogP contribution in [-0.4, -0.2) is 70.4 Å². The number of carbonyl (C=O) groups is 3. The fourth-order valence-electron chi connectivity index (χ4n) is 5.40. The van der Waals surface area contributed by atoms with E-state index in [9.17, 15) is 19.5 Å². The van der Waals surface area contributed by atoms with Gasteiger partial charge in [-0.15, -0.1) is 0 Å². The Morgan fingerprint density at radius 3 is 2.15 bits per heavy atom. The van der Waals surface area contributed by atoms with Gasteiger partial charge >= 0.3 is 5.97 Å². The van der Waals surface area contributed by atoms with Crippen LogP contribution in [0.4, 0.5) is 0 Å². The van der Waals surface area contributed by atoms with Crippen LogP contribution in [0.3, 0.4) is 0 Å². The summed E-state index contributed by atoms with van der Waals surface area (Å²) in [4.78, 5) is 42.7. The minimum atomic E-state index is -0.993. The Hall–Kier alpha value is -1.89. The van der Waals surface area contributed by atoms with Crippen molar-refractivity contribution in [3.8, 4) is 0 Å². The van der Waals surface area contributed by atoms with Crippen LogP contribution in [0, 0.1) is 11.3 Å². The Bertz CT molecular complexity index is 749. The van der Waals surface area contributed by atoms with Crippen molar-refractivity contribution >= 4 is 17.8 Å². The summed E-state index contributed by atoms with van der Waals surface area (Å²) in [7, 11) is 1.71. The lowest BCUT2D eigenvalue weighted by atomic mass is 9.84. The molecule has 0 radical (unpaired) electrons. The van der Waals surface area contributed by atoms with Gasteiger partial charge < -0.3 is 15.3 Å². The summed E-state index contributed by atoms with van der Waals surface area (Å²) in [5, 5.41) is 12.5. The van der Waals surface area contributed by atoms with E-state index in [4.69, 9.17) is 0 Å².